The number of rotatable bonds is 13. The van der Waals surface area contributed by atoms with Crippen molar-refractivity contribution < 1.29 is 23.7 Å². The molecule has 7 heteroatoms. The highest BCUT2D eigenvalue weighted by molar-refractivity contribution is 5.64. The van der Waals surface area contributed by atoms with Crippen molar-refractivity contribution in [3.63, 3.8) is 0 Å². The third-order valence-electron chi connectivity index (χ3n) is 7.57. The maximum atomic E-state index is 15.0. The number of halogens is 1. The van der Waals surface area contributed by atoms with Gasteiger partial charge in [-0.05, 0) is 97.2 Å². The molecule has 216 valence electrons. The average Bonchev–Trinajstić information content (AvgIpc) is 2.95. The number of phenols is 1. The minimum atomic E-state index is -0.350. The van der Waals surface area contributed by atoms with Gasteiger partial charge in [0.05, 0.1) is 14.2 Å². The van der Waals surface area contributed by atoms with Gasteiger partial charge in [-0.1, -0.05) is 26.0 Å². The van der Waals surface area contributed by atoms with E-state index in [1.165, 1.54) is 16.7 Å². The lowest BCUT2D eigenvalue weighted by Crippen LogP contribution is -2.25. The summed E-state index contributed by atoms with van der Waals surface area (Å²) in [5.74, 6) is 2.44. The topological polar surface area (TPSA) is 63.2 Å². The Morgan fingerprint density at radius 1 is 1.00 bits per heavy atom. The van der Waals surface area contributed by atoms with Gasteiger partial charge >= 0.3 is 0 Å². The van der Waals surface area contributed by atoms with E-state index in [2.05, 4.69) is 37.1 Å². The van der Waals surface area contributed by atoms with Crippen molar-refractivity contribution in [2.24, 2.45) is 5.92 Å². The van der Waals surface area contributed by atoms with Crippen LogP contribution < -0.4 is 24.4 Å². The Hall–Kier alpha value is -3.45. The van der Waals surface area contributed by atoms with Crippen LogP contribution in [0.1, 0.15) is 55.4 Å². The first-order valence-corrected chi connectivity index (χ1v) is 14.3. The van der Waals surface area contributed by atoms with E-state index in [4.69, 9.17) is 14.2 Å². The van der Waals surface area contributed by atoms with Crippen molar-refractivity contribution in [2.45, 2.75) is 52.5 Å². The number of aromatic hydroxyl groups is 1. The van der Waals surface area contributed by atoms with Crippen molar-refractivity contribution in [3.05, 3.63) is 76.6 Å². The Morgan fingerprint density at radius 2 is 1.77 bits per heavy atom. The summed E-state index contributed by atoms with van der Waals surface area (Å²) in [5.41, 5.74) is 5.58. The smallest absolute Gasteiger partial charge is 0.165 e. The van der Waals surface area contributed by atoms with E-state index < -0.39 is 0 Å². The Bertz CT molecular complexity index is 1280. The molecule has 0 radical (unpaired) electrons. The normalized spacial score (nSPS) is 14.6. The van der Waals surface area contributed by atoms with Gasteiger partial charge in [0.1, 0.15) is 12.4 Å². The van der Waals surface area contributed by atoms with Crippen LogP contribution in [0.5, 0.6) is 23.0 Å². The monoisotopic (exact) mass is 550 g/mol. The summed E-state index contributed by atoms with van der Waals surface area (Å²) < 4.78 is 32.0. The predicted octanol–water partition coefficient (Wildman–Crippen LogP) is 6.47. The second-order valence-electron chi connectivity index (χ2n) is 10.9. The largest absolute Gasteiger partial charge is 0.508 e. The number of anilines is 1. The first-order valence-electron chi connectivity index (χ1n) is 14.3. The molecule has 0 heterocycles. The lowest BCUT2D eigenvalue weighted by molar-refractivity contribution is 0.296. The van der Waals surface area contributed by atoms with Crippen molar-refractivity contribution in [1.29, 1.82) is 0 Å². The Kier molecular flexibility index (Phi) is 10.2. The van der Waals surface area contributed by atoms with Crippen LogP contribution in [0.25, 0.3) is 0 Å². The molecule has 6 nitrogen and oxygen atoms in total. The Balaban J connectivity index is 1.56. The van der Waals surface area contributed by atoms with Crippen molar-refractivity contribution in [3.8, 4) is 23.0 Å². The van der Waals surface area contributed by atoms with Gasteiger partial charge in [-0.25, -0.2) is 4.39 Å². The molecule has 1 aliphatic carbocycles. The Morgan fingerprint density at radius 3 is 2.48 bits per heavy atom. The summed E-state index contributed by atoms with van der Waals surface area (Å²) in [6.07, 6.45) is 2.74. The molecule has 40 heavy (non-hydrogen) atoms. The number of aryl methyl sites for hydroxylation is 1. The fraction of sp³-hybridized carbons (Fsp3) is 0.455. The first kappa shape index (κ1) is 29.5. The summed E-state index contributed by atoms with van der Waals surface area (Å²) in [6.45, 7) is 9.70. The zero-order chi connectivity index (χ0) is 28.6. The molecule has 0 amide bonds. The van der Waals surface area contributed by atoms with Gasteiger partial charge in [0.25, 0.3) is 0 Å². The van der Waals surface area contributed by atoms with Gasteiger partial charge in [-0.15, -0.1) is 0 Å². The minimum Gasteiger partial charge on any atom is -0.508 e. The molecule has 0 saturated carbocycles. The SMILES string of the molecule is CCN(Cc1ccc(OCCNCC(C)C)c(F)c1)c1cc(OC)c(OC)cc1C1CCc2cc(O)ccc2C1. The zero-order valence-electron chi connectivity index (χ0n) is 24.4. The molecule has 0 saturated heterocycles. The molecule has 2 N–H and O–H groups in total. The van der Waals surface area contributed by atoms with Gasteiger partial charge in [-0.3, -0.25) is 0 Å². The number of hydrogen-bond acceptors (Lipinski definition) is 6. The molecular formula is C33H43FN2O4. The third kappa shape index (κ3) is 7.19. The first-order chi connectivity index (χ1) is 19.3. The van der Waals surface area contributed by atoms with Gasteiger partial charge in [0.15, 0.2) is 23.1 Å². The molecule has 1 atom stereocenters. The molecule has 0 aromatic heterocycles. The van der Waals surface area contributed by atoms with E-state index in [0.29, 0.717) is 42.9 Å². The van der Waals surface area contributed by atoms with Gasteiger partial charge in [-0.2, -0.15) is 0 Å². The number of methoxy groups -OCH3 is 2. The van der Waals surface area contributed by atoms with E-state index in [-0.39, 0.29) is 17.5 Å². The van der Waals surface area contributed by atoms with Crippen LogP contribution in [-0.4, -0.2) is 45.6 Å². The van der Waals surface area contributed by atoms with E-state index in [9.17, 15) is 9.50 Å². The highest BCUT2D eigenvalue weighted by atomic mass is 19.1. The zero-order valence-corrected chi connectivity index (χ0v) is 24.4. The number of benzene rings is 3. The lowest BCUT2D eigenvalue weighted by Gasteiger charge is -2.32. The standard InChI is InChI=1S/C33H43FN2O4/c1-6-36(21-23-7-12-31(29(34)15-23)40-14-13-35-20-22(2)3)30-19-33(39-5)32(38-4)18-28(30)26-9-8-25-17-27(37)11-10-24(25)16-26/h7,10-12,15,17-19,22,26,35,37H,6,8-9,13-14,16,20-21H2,1-5H3. The molecule has 1 aliphatic rings. The van der Waals surface area contributed by atoms with Crippen LogP contribution in [0.3, 0.4) is 0 Å². The number of fused-ring (bicyclic) bond motifs is 1. The number of nitrogens with one attached hydrogen (secondary N) is 1. The molecule has 0 spiro atoms. The summed E-state index contributed by atoms with van der Waals surface area (Å²) in [7, 11) is 3.30. The van der Waals surface area contributed by atoms with Crippen molar-refractivity contribution in [1.82, 2.24) is 5.32 Å². The average molecular weight is 551 g/mol. The number of nitrogens with zero attached hydrogens (tertiary/aromatic N) is 1. The molecular weight excluding hydrogens is 507 g/mol. The highest BCUT2D eigenvalue weighted by Crippen LogP contribution is 2.43. The van der Waals surface area contributed by atoms with Gasteiger partial charge < -0.3 is 29.5 Å². The quantitative estimate of drug-likeness (QED) is 0.238. The summed E-state index contributed by atoms with van der Waals surface area (Å²) in [4.78, 5) is 2.26. The molecule has 0 bridgehead atoms. The van der Waals surface area contributed by atoms with Gasteiger partial charge in [0.2, 0.25) is 0 Å². The minimum absolute atomic E-state index is 0.275. The van der Waals surface area contributed by atoms with Crippen LogP contribution in [0, 0.1) is 11.7 Å². The molecule has 0 fully saturated rings. The molecule has 3 aromatic carbocycles. The fourth-order valence-corrected chi connectivity index (χ4v) is 5.46. The molecule has 1 unspecified atom stereocenters. The van der Waals surface area contributed by atoms with E-state index in [1.54, 1.807) is 32.4 Å². The van der Waals surface area contributed by atoms with E-state index in [0.717, 1.165) is 43.6 Å². The highest BCUT2D eigenvalue weighted by Gasteiger charge is 2.26. The van der Waals surface area contributed by atoms with E-state index in [1.807, 2.05) is 24.3 Å². The van der Waals surface area contributed by atoms with Gasteiger partial charge in [0, 0.05) is 31.4 Å². The third-order valence-corrected chi connectivity index (χ3v) is 7.57. The van der Waals surface area contributed by atoms with Crippen LogP contribution in [-0.2, 0) is 19.4 Å². The van der Waals surface area contributed by atoms with E-state index >= 15 is 0 Å². The van der Waals surface area contributed by atoms with Crippen LogP contribution in [0.2, 0.25) is 0 Å². The fourth-order valence-electron chi connectivity index (χ4n) is 5.46. The second kappa shape index (κ2) is 13.8. The van der Waals surface area contributed by atoms with Crippen LogP contribution in [0.15, 0.2) is 48.5 Å². The summed E-state index contributed by atoms with van der Waals surface area (Å²) in [6, 6.07) is 15.0. The van der Waals surface area contributed by atoms with Crippen molar-refractivity contribution in [2.75, 3.05) is 45.4 Å². The van der Waals surface area contributed by atoms with Crippen LogP contribution >= 0.6 is 0 Å². The van der Waals surface area contributed by atoms with Crippen molar-refractivity contribution >= 4 is 5.69 Å². The van der Waals surface area contributed by atoms with Crippen LogP contribution in [0.4, 0.5) is 10.1 Å². The summed E-state index contributed by atoms with van der Waals surface area (Å²) >= 11 is 0. The summed E-state index contributed by atoms with van der Waals surface area (Å²) in [5, 5.41) is 13.2. The predicted molar refractivity (Wildman–Crippen MR) is 159 cm³/mol. The lowest BCUT2D eigenvalue weighted by atomic mass is 9.79. The molecule has 3 aromatic rings. The maximum absolute atomic E-state index is 15.0. The Labute approximate surface area is 238 Å². The number of ether oxygens (including phenoxy) is 3. The number of hydrogen-bond donors (Lipinski definition) is 2. The second-order valence-corrected chi connectivity index (χ2v) is 10.9. The maximum Gasteiger partial charge on any atom is 0.165 e. The molecule has 4 rings (SSSR count). The molecule has 0 aliphatic heterocycles. The number of phenolic OH excluding ortho intramolecular Hbond substituents is 1.